The molecule has 7 nitrogen and oxygen atoms in total. The Morgan fingerprint density at radius 2 is 1.88 bits per heavy atom. The first-order chi connectivity index (χ1) is 11.7. The van der Waals surface area contributed by atoms with Crippen LogP contribution < -0.4 is 9.47 Å². The molecule has 2 atom stereocenters. The molecule has 0 spiro atoms. The molecule has 1 aliphatic heterocycles. The third-order valence-corrected chi connectivity index (χ3v) is 4.68. The lowest BCUT2D eigenvalue weighted by atomic mass is 9.90. The zero-order valence-electron chi connectivity index (χ0n) is 15.0. The number of likely N-dealkylation sites (tertiary alicyclic amines) is 1. The van der Waals surface area contributed by atoms with E-state index in [0.717, 1.165) is 0 Å². The van der Waals surface area contributed by atoms with Crippen molar-refractivity contribution in [3.05, 3.63) is 23.3 Å². The summed E-state index contributed by atoms with van der Waals surface area (Å²) in [7, 11) is 2.97. The van der Waals surface area contributed by atoms with Crippen LogP contribution in [-0.4, -0.2) is 65.8 Å². The minimum absolute atomic E-state index is 0.00410. The summed E-state index contributed by atoms with van der Waals surface area (Å²) in [6.07, 6.45) is -0.696. The number of amides is 1. The maximum absolute atomic E-state index is 12.6. The highest BCUT2D eigenvalue weighted by Gasteiger charge is 2.37. The molecule has 1 saturated heterocycles. The van der Waals surface area contributed by atoms with Crippen LogP contribution in [-0.2, 0) is 11.2 Å². The molecule has 0 unspecified atom stereocenters. The molecule has 7 heteroatoms. The van der Waals surface area contributed by atoms with Crippen molar-refractivity contribution in [2.45, 2.75) is 38.4 Å². The van der Waals surface area contributed by atoms with E-state index in [0.29, 0.717) is 35.6 Å². The number of rotatable bonds is 5. The van der Waals surface area contributed by atoms with E-state index in [4.69, 9.17) is 9.47 Å². The van der Waals surface area contributed by atoms with Crippen molar-refractivity contribution >= 4 is 11.7 Å². The highest BCUT2D eigenvalue weighted by Crippen LogP contribution is 2.31. The van der Waals surface area contributed by atoms with Gasteiger partial charge in [0.15, 0.2) is 17.3 Å². The molecule has 1 fully saturated rings. The molecule has 2 rings (SSSR count). The van der Waals surface area contributed by atoms with Crippen LogP contribution in [0.3, 0.4) is 0 Å². The number of hydrogen-bond donors (Lipinski definition) is 2. The number of benzene rings is 1. The molecule has 25 heavy (non-hydrogen) atoms. The molecular formula is C18H25NO6. The van der Waals surface area contributed by atoms with Crippen molar-refractivity contribution in [1.29, 1.82) is 0 Å². The monoisotopic (exact) mass is 351 g/mol. The number of hydrogen-bond acceptors (Lipinski definition) is 6. The first-order valence-electron chi connectivity index (χ1n) is 8.13. The van der Waals surface area contributed by atoms with Gasteiger partial charge in [0, 0.05) is 18.7 Å². The molecule has 1 aromatic rings. The number of ether oxygens (including phenoxy) is 2. The van der Waals surface area contributed by atoms with Crippen molar-refractivity contribution < 1.29 is 29.3 Å². The molecule has 0 aliphatic carbocycles. The highest BCUT2D eigenvalue weighted by atomic mass is 16.5. The molecule has 0 bridgehead atoms. The average molecular weight is 351 g/mol. The minimum atomic E-state index is -1.19. The Morgan fingerprint density at radius 3 is 2.40 bits per heavy atom. The van der Waals surface area contributed by atoms with Gasteiger partial charge in [-0.2, -0.15) is 0 Å². The number of Topliss-reactive ketones (excluding diaryl/α,β-unsaturated/α-hetero) is 1. The number of carbonyl (C=O) groups is 2. The van der Waals surface area contributed by atoms with Crippen molar-refractivity contribution in [3.8, 4) is 11.5 Å². The summed E-state index contributed by atoms with van der Waals surface area (Å²) < 4.78 is 10.5. The minimum Gasteiger partial charge on any atom is -0.493 e. The molecule has 138 valence electrons. The van der Waals surface area contributed by atoms with Crippen molar-refractivity contribution in [2.75, 3.05) is 27.3 Å². The summed E-state index contributed by atoms with van der Waals surface area (Å²) >= 11 is 0. The molecule has 1 amide bonds. The summed E-state index contributed by atoms with van der Waals surface area (Å²) in [6.45, 7) is 3.40. The van der Waals surface area contributed by atoms with Gasteiger partial charge in [0.1, 0.15) is 0 Å². The standard InChI is InChI=1S/C18H25NO6/c1-11(20)13-9-15(25-4)14(24-3)7-12(13)8-17(22)19-6-5-18(2,23)16(21)10-19/h7,9,16,21,23H,5-6,8,10H2,1-4H3/t16-,18+/m1/s1. The number of β-amino-alcohol motifs (C(OH)–C–C–N with tert-alkyl or cyclic N) is 1. The predicted molar refractivity (Wildman–Crippen MR) is 91.1 cm³/mol. The van der Waals surface area contributed by atoms with E-state index in [-0.39, 0.29) is 24.7 Å². The number of aliphatic hydroxyl groups excluding tert-OH is 1. The molecule has 2 N–H and O–H groups in total. The maximum Gasteiger partial charge on any atom is 0.227 e. The van der Waals surface area contributed by atoms with Crippen LogP contribution in [0.25, 0.3) is 0 Å². The normalized spacial score (nSPS) is 23.3. The quantitative estimate of drug-likeness (QED) is 0.762. The number of piperidine rings is 1. The Labute approximate surface area is 147 Å². The van der Waals surface area contributed by atoms with Gasteiger partial charge in [0.05, 0.1) is 32.3 Å². The van der Waals surface area contributed by atoms with Gasteiger partial charge in [-0.05, 0) is 38.0 Å². The summed E-state index contributed by atoms with van der Waals surface area (Å²) in [4.78, 5) is 26.0. The average Bonchev–Trinajstić information content (AvgIpc) is 2.56. The van der Waals surface area contributed by atoms with Gasteiger partial charge in [0.25, 0.3) is 0 Å². The lowest BCUT2D eigenvalue weighted by Gasteiger charge is -2.40. The second kappa shape index (κ2) is 7.41. The van der Waals surface area contributed by atoms with E-state index >= 15 is 0 Å². The predicted octanol–water partition coefficient (Wildman–Crippen LogP) is 0.793. The Balaban J connectivity index is 2.24. The Hall–Kier alpha value is -2.12. The lowest BCUT2D eigenvalue weighted by molar-refractivity contribution is -0.145. The van der Waals surface area contributed by atoms with E-state index in [2.05, 4.69) is 0 Å². The summed E-state index contributed by atoms with van der Waals surface area (Å²) in [5.74, 6) is 0.472. The zero-order chi connectivity index (χ0) is 18.8. The largest absolute Gasteiger partial charge is 0.493 e. The van der Waals surface area contributed by atoms with Gasteiger partial charge < -0.3 is 24.6 Å². The second-order valence-corrected chi connectivity index (χ2v) is 6.56. The van der Waals surface area contributed by atoms with Crippen molar-refractivity contribution in [1.82, 2.24) is 4.90 Å². The third-order valence-electron chi connectivity index (χ3n) is 4.68. The van der Waals surface area contributed by atoms with Gasteiger partial charge in [-0.3, -0.25) is 9.59 Å². The summed E-state index contributed by atoms with van der Waals surface area (Å²) in [6, 6.07) is 3.20. The van der Waals surface area contributed by atoms with Crippen LogP contribution in [0.1, 0.15) is 36.2 Å². The van der Waals surface area contributed by atoms with Gasteiger partial charge in [0.2, 0.25) is 5.91 Å². The number of ketones is 1. The fourth-order valence-electron chi connectivity index (χ4n) is 2.92. The first kappa shape index (κ1) is 19.2. The van der Waals surface area contributed by atoms with E-state index in [9.17, 15) is 19.8 Å². The van der Waals surface area contributed by atoms with Crippen LogP contribution in [0.4, 0.5) is 0 Å². The topological polar surface area (TPSA) is 96.3 Å². The fraction of sp³-hybridized carbons (Fsp3) is 0.556. The van der Waals surface area contributed by atoms with Crippen molar-refractivity contribution in [3.63, 3.8) is 0 Å². The first-order valence-corrected chi connectivity index (χ1v) is 8.13. The Morgan fingerprint density at radius 1 is 1.28 bits per heavy atom. The van der Waals surface area contributed by atoms with E-state index in [1.54, 1.807) is 19.1 Å². The Bertz CT molecular complexity index is 670. The molecule has 1 aliphatic rings. The number of nitrogens with zero attached hydrogens (tertiary/aromatic N) is 1. The molecule has 0 radical (unpaired) electrons. The molecule has 1 heterocycles. The van der Waals surface area contributed by atoms with Crippen molar-refractivity contribution in [2.24, 2.45) is 0 Å². The van der Waals surface area contributed by atoms with Gasteiger partial charge >= 0.3 is 0 Å². The van der Waals surface area contributed by atoms with Gasteiger partial charge in [-0.1, -0.05) is 0 Å². The zero-order valence-corrected chi connectivity index (χ0v) is 15.0. The highest BCUT2D eigenvalue weighted by molar-refractivity contribution is 5.97. The van der Waals surface area contributed by atoms with Gasteiger partial charge in [-0.25, -0.2) is 0 Å². The van der Waals surface area contributed by atoms with E-state index < -0.39 is 11.7 Å². The van der Waals surface area contributed by atoms with Crippen LogP contribution in [0, 0.1) is 0 Å². The number of aliphatic hydroxyl groups is 2. The smallest absolute Gasteiger partial charge is 0.227 e. The van der Waals surface area contributed by atoms with Crippen LogP contribution in [0.15, 0.2) is 12.1 Å². The SMILES string of the molecule is COc1cc(CC(=O)N2CC[C@](C)(O)[C@H](O)C2)c(C(C)=O)cc1OC. The second-order valence-electron chi connectivity index (χ2n) is 6.56. The van der Waals surface area contributed by atoms with Crippen LogP contribution in [0.5, 0.6) is 11.5 Å². The van der Waals surface area contributed by atoms with Crippen LogP contribution in [0.2, 0.25) is 0 Å². The fourth-order valence-corrected chi connectivity index (χ4v) is 2.92. The Kier molecular flexibility index (Phi) is 5.69. The molecular weight excluding hydrogens is 326 g/mol. The third kappa shape index (κ3) is 4.11. The number of carbonyl (C=O) groups excluding carboxylic acids is 2. The molecule has 1 aromatic carbocycles. The van der Waals surface area contributed by atoms with E-state index in [1.807, 2.05) is 0 Å². The molecule has 0 saturated carbocycles. The van der Waals surface area contributed by atoms with Gasteiger partial charge in [-0.15, -0.1) is 0 Å². The maximum atomic E-state index is 12.6. The van der Waals surface area contributed by atoms with Crippen LogP contribution >= 0.6 is 0 Å². The van der Waals surface area contributed by atoms with E-state index in [1.165, 1.54) is 26.0 Å². The summed E-state index contributed by atoms with van der Waals surface area (Å²) in [5.41, 5.74) is -0.248. The number of methoxy groups -OCH3 is 2. The summed E-state index contributed by atoms with van der Waals surface area (Å²) in [5, 5.41) is 20.0. The molecule has 0 aromatic heterocycles. The lowest BCUT2D eigenvalue weighted by Crippen LogP contribution is -2.55.